The monoisotopic (exact) mass is 397 g/mol. The molecule has 0 saturated carbocycles. The standard InChI is InChI=1S/C21H21F2N5O/c1-11(16-4-3-5-18(22)19(16)23)25-21-17-7-13(8-24-20(17)12(2)26-27-21)28-9-15-6-14(28)10-29-15/h3-5,7-8,11,14-15H,6,9-10H2,1-2H3,(H,25,27)/t11-,14?,15?/m1/s1. The summed E-state index contributed by atoms with van der Waals surface area (Å²) < 4.78 is 33.5. The summed E-state index contributed by atoms with van der Waals surface area (Å²) in [5.74, 6) is -1.23. The highest BCUT2D eigenvalue weighted by molar-refractivity contribution is 5.92. The summed E-state index contributed by atoms with van der Waals surface area (Å²) in [7, 11) is 0. The summed E-state index contributed by atoms with van der Waals surface area (Å²) in [6, 6.07) is 6.08. The van der Waals surface area contributed by atoms with E-state index < -0.39 is 17.7 Å². The molecular weight excluding hydrogens is 376 g/mol. The van der Waals surface area contributed by atoms with E-state index in [-0.39, 0.29) is 11.7 Å². The Morgan fingerprint density at radius 3 is 2.90 bits per heavy atom. The second-order valence-corrected chi connectivity index (χ2v) is 7.73. The number of fused-ring (bicyclic) bond motifs is 3. The average Bonchev–Trinajstić information content (AvgIpc) is 3.35. The Morgan fingerprint density at radius 1 is 1.28 bits per heavy atom. The maximum atomic E-state index is 14.2. The minimum Gasteiger partial charge on any atom is -0.374 e. The Balaban J connectivity index is 1.52. The molecule has 2 fully saturated rings. The molecule has 3 aromatic rings. The molecule has 0 spiro atoms. The smallest absolute Gasteiger partial charge is 0.164 e. The zero-order chi connectivity index (χ0) is 20.1. The second kappa shape index (κ2) is 6.88. The van der Waals surface area contributed by atoms with E-state index in [0.717, 1.165) is 42.2 Å². The lowest BCUT2D eigenvalue weighted by molar-refractivity contribution is 0.0991. The van der Waals surface area contributed by atoms with Crippen LogP contribution in [0.15, 0.2) is 30.5 Å². The maximum absolute atomic E-state index is 14.2. The van der Waals surface area contributed by atoms with Gasteiger partial charge in [-0.15, -0.1) is 5.10 Å². The molecule has 6 nitrogen and oxygen atoms in total. The molecule has 2 unspecified atom stereocenters. The van der Waals surface area contributed by atoms with Crippen molar-refractivity contribution in [3.05, 3.63) is 53.4 Å². The molecule has 0 radical (unpaired) electrons. The van der Waals surface area contributed by atoms with E-state index in [1.807, 2.05) is 19.2 Å². The van der Waals surface area contributed by atoms with Gasteiger partial charge >= 0.3 is 0 Å². The Kier molecular flexibility index (Phi) is 4.31. The number of aryl methyl sites for hydroxylation is 1. The minimum atomic E-state index is -0.869. The summed E-state index contributed by atoms with van der Waals surface area (Å²) in [4.78, 5) is 6.94. The van der Waals surface area contributed by atoms with Crippen LogP contribution < -0.4 is 10.2 Å². The number of hydrogen-bond donors (Lipinski definition) is 1. The zero-order valence-electron chi connectivity index (χ0n) is 16.2. The summed E-state index contributed by atoms with van der Waals surface area (Å²) in [5, 5.41) is 12.5. The van der Waals surface area contributed by atoms with Crippen molar-refractivity contribution in [1.29, 1.82) is 0 Å². The average molecular weight is 397 g/mol. The van der Waals surface area contributed by atoms with Crippen LogP contribution in [0.3, 0.4) is 0 Å². The molecule has 3 atom stereocenters. The number of benzene rings is 1. The summed E-state index contributed by atoms with van der Waals surface area (Å²) in [5.41, 5.74) is 2.69. The fourth-order valence-corrected chi connectivity index (χ4v) is 4.27. The van der Waals surface area contributed by atoms with Gasteiger partial charge in [-0.3, -0.25) is 4.98 Å². The van der Waals surface area contributed by atoms with Gasteiger partial charge in [0.05, 0.1) is 47.9 Å². The number of anilines is 2. The number of aromatic nitrogens is 3. The largest absolute Gasteiger partial charge is 0.374 e. The Labute approximate surface area is 166 Å². The van der Waals surface area contributed by atoms with E-state index in [2.05, 4.69) is 25.4 Å². The van der Waals surface area contributed by atoms with Crippen LogP contribution in [-0.2, 0) is 4.74 Å². The number of hydrogen-bond acceptors (Lipinski definition) is 6. The van der Waals surface area contributed by atoms with Crippen LogP contribution in [0.25, 0.3) is 10.9 Å². The summed E-state index contributed by atoms with van der Waals surface area (Å²) in [6.07, 6.45) is 3.17. The molecule has 8 heteroatoms. The van der Waals surface area contributed by atoms with Crippen LogP contribution in [-0.4, -0.2) is 40.5 Å². The van der Waals surface area contributed by atoms with Crippen LogP contribution in [0.1, 0.15) is 30.6 Å². The van der Waals surface area contributed by atoms with Gasteiger partial charge in [0, 0.05) is 17.5 Å². The first-order chi connectivity index (χ1) is 14.0. The SMILES string of the molecule is Cc1nnc(N[C@H](C)c2cccc(F)c2F)c2cc(N3CC4CC3CO4)cnc12. The molecular formula is C21H21F2N5O. The van der Waals surface area contributed by atoms with Gasteiger partial charge < -0.3 is 15.0 Å². The number of nitrogens with zero attached hydrogens (tertiary/aromatic N) is 4. The molecule has 1 aromatic carbocycles. The van der Waals surface area contributed by atoms with Gasteiger partial charge in [-0.1, -0.05) is 12.1 Å². The van der Waals surface area contributed by atoms with E-state index >= 15 is 0 Å². The number of ether oxygens (including phenoxy) is 1. The molecule has 150 valence electrons. The van der Waals surface area contributed by atoms with Crippen molar-refractivity contribution in [2.45, 2.75) is 38.5 Å². The van der Waals surface area contributed by atoms with Crippen molar-refractivity contribution >= 4 is 22.4 Å². The van der Waals surface area contributed by atoms with Crippen molar-refractivity contribution < 1.29 is 13.5 Å². The van der Waals surface area contributed by atoms with E-state index in [1.54, 1.807) is 13.0 Å². The topological polar surface area (TPSA) is 63.2 Å². The van der Waals surface area contributed by atoms with Crippen molar-refractivity contribution in [2.24, 2.45) is 0 Å². The molecule has 4 heterocycles. The van der Waals surface area contributed by atoms with Crippen molar-refractivity contribution in [3.8, 4) is 0 Å². The molecule has 29 heavy (non-hydrogen) atoms. The third-order valence-electron chi connectivity index (χ3n) is 5.80. The van der Waals surface area contributed by atoms with Crippen molar-refractivity contribution in [1.82, 2.24) is 15.2 Å². The summed E-state index contributed by atoms with van der Waals surface area (Å²) in [6.45, 7) is 5.20. The van der Waals surface area contributed by atoms with Crippen LogP contribution in [0.5, 0.6) is 0 Å². The van der Waals surface area contributed by atoms with Crippen molar-refractivity contribution in [3.63, 3.8) is 0 Å². The Bertz CT molecular complexity index is 1090. The molecule has 2 aliphatic heterocycles. The normalized spacial score (nSPS) is 21.7. The number of pyridine rings is 1. The lowest BCUT2D eigenvalue weighted by Gasteiger charge is -2.29. The first-order valence-corrected chi connectivity index (χ1v) is 9.73. The van der Waals surface area contributed by atoms with Crippen LogP contribution in [0.4, 0.5) is 20.3 Å². The quantitative estimate of drug-likeness (QED) is 0.723. The highest BCUT2D eigenvalue weighted by Gasteiger charge is 2.39. The van der Waals surface area contributed by atoms with E-state index in [0.29, 0.717) is 17.6 Å². The van der Waals surface area contributed by atoms with E-state index in [9.17, 15) is 8.78 Å². The van der Waals surface area contributed by atoms with Gasteiger partial charge in [-0.2, -0.15) is 5.10 Å². The van der Waals surface area contributed by atoms with Gasteiger partial charge in [0.25, 0.3) is 0 Å². The lowest BCUT2D eigenvalue weighted by Crippen LogP contribution is -2.36. The highest BCUT2D eigenvalue weighted by atomic mass is 19.2. The fourth-order valence-electron chi connectivity index (χ4n) is 4.27. The van der Waals surface area contributed by atoms with Gasteiger partial charge in [0.2, 0.25) is 0 Å². The van der Waals surface area contributed by atoms with Crippen LogP contribution in [0.2, 0.25) is 0 Å². The molecule has 2 saturated heterocycles. The van der Waals surface area contributed by atoms with Crippen LogP contribution >= 0.6 is 0 Å². The van der Waals surface area contributed by atoms with E-state index in [1.165, 1.54) is 6.07 Å². The molecule has 5 rings (SSSR count). The fraction of sp³-hybridized carbons (Fsp3) is 0.381. The predicted octanol–water partition coefficient (Wildman–Crippen LogP) is 3.76. The van der Waals surface area contributed by atoms with Crippen molar-refractivity contribution in [2.75, 3.05) is 23.4 Å². The number of halogens is 2. The minimum absolute atomic E-state index is 0.235. The van der Waals surface area contributed by atoms with Gasteiger partial charge in [0.15, 0.2) is 17.5 Å². The van der Waals surface area contributed by atoms with Gasteiger partial charge in [0.1, 0.15) is 0 Å². The third kappa shape index (κ3) is 3.07. The summed E-state index contributed by atoms with van der Waals surface area (Å²) >= 11 is 0. The number of morpholine rings is 1. The van der Waals surface area contributed by atoms with Gasteiger partial charge in [-0.25, -0.2) is 8.78 Å². The number of rotatable bonds is 4. The maximum Gasteiger partial charge on any atom is 0.164 e. The molecule has 2 bridgehead atoms. The van der Waals surface area contributed by atoms with Crippen LogP contribution in [0, 0.1) is 18.6 Å². The molecule has 2 aliphatic rings. The molecule has 1 N–H and O–H groups in total. The zero-order valence-corrected chi connectivity index (χ0v) is 16.2. The molecule has 2 aromatic heterocycles. The Hall–Kier alpha value is -2.87. The van der Waals surface area contributed by atoms with Gasteiger partial charge in [-0.05, 0) is 32.4 Å². The third-order valence-corrected chi connectivity index (χ3v) is 5.80. The lowest BCUT2D eigenvalue weighted by atomic mass is 10.1. The number of nitrogens with one attached hydrogen (secondary N) is 1. The highest BCUT2D eigenvalue weighted by Crippen LogP contribution is 2.35. The first-order valence-electron chi connectivity index (χ1n) is 9.73. The van der Waals surface area contributed by atoms with E-state index in [4.69, 9.17) is 4.74 Å². The molecule has 0 aliphatic carbocycles. The Morgan fingerprint density at radius 2 is 2.14 bits per heavy atom. The predicted molar refractivity (Wildman–Crippen MR) is 106 cm³/mol. The molecule has 0 amide bonds. The second-order valence-electron chi connectivity index (χ2n) is 7.73. The first kappa shape index (κ1) is 18.2.